The van der Waals surface area contributed by atoms with Crippen LogP contribution in [0, 0.1) is 6.92 Å². The third-order valence-electron chi connectivity index (χ3n) is 2.96. The normalized spacial score (nSPS) is 10.2. The number of carbonyl (C=O) groups excluding carboxylic acids is 1. The summed E-state index contributed by atoms with van der Waals surface area (Å²) < 4.78 is 5.77. The molecule has 2 aromatic rings. The first-order chi connectivity index (χ1) is 10.2. The van der Waals surface area contributed by atoms with E-state index in [0.717, 1.165) is 22.6 Å². The van der Waals surface area contributed by atoms with Crippen molar-refractivity contribution in [3.05, 3.63) is 59.7 Å². The molecule has 0 bridgehead atoms. The summed E-state index contributed by atoms with van der Waals surface area (Å²) in [5.41, 5.74) is 2.18. The molecule has 4 heteroatoms. The second kappa shape index (κ2) is 7.70. The lowest BCUT2D eigenvalue weighted by atomic mass is 10.2. The van der Waals surface area contributed by atoms with Crippen molar-refractivity contribution in [2.24, 2.45) is 0 Å². The van der Waals surface area contributed by atoms with Crippen LogP contribution in [0.3, 0.4) is 0 Å². The van der Waals surface area contributed by atoms with Crippen LogP contribution in [-0.4, -0.2) is 11.8 Å². The highest BCUT2D eigenvalue weighted by molar-refractivity contribution is 6.18. The van der Waals surface area contributed by atoms with Crippen molar-refractivity contribution in [2.45, 2.75) is 19.9 Å². The molecule has 21 heavy (non-hydrogen) atoms. The van der Waals surface area contributed by atoms with Gasteiger partial charge in [0.1, 0.15) is 11.5 Å². The van der Waals surface area contributed by atoms with Gasteiger partial charge in [-0.15, -0.1) is 11.6 Å². The van der Waals surface area contributed by atoms with Gasteiger partial charge in [0, 0.05) is 18.8 Å². The Kier molecular flexibility index (Phi) is 5.64. The van der Waals surface area contributed by atoms with Crippen molar-refractivity contribution in [1.82, 2.24) is 5.32 Å². The van der Waals surface area contributed by atoms with Crippen LogP contribution < -0.4 is 10.1 Å². The minimum atomic E-state index is -0.0370. The topological polar surface area (TPSA) is 38.3 Å². The summed E-state index contributed by atoms with van der Waals surface area (Å²) >= 11 is 5.51. The minimum Gasteiger partial charge on any atom is -0.457 e. The standard InChI is InChI=1S/C17H18ClNO2/c1-13-3-2-4-16(11-13)21-15-7-5-14(6-8-15)12-19-17(20)9-10-18/h2-8,11H,9-10,12H2,1H3,(H,19,20). The molecule has 0 aliphatic carbocycles. The van der Waals surface area contributed by atoms with Gasteiger partial charge in [-0.25, -0.2) is 0 Å². The third kappa shape index (κ3) is 5.12. The van der Waals surface area contributed by atoms with E-state index < -0.39 is 0 Å². The number of ether oxygens (including phenoxy) is 1. The number of alkyl halides is 1. The molecule has 0 unspecified atom stereocenters. The molecule has 2 aromatic carbocycles. The molecule has 0 atom stereocenters. The monoisotopic (exact) mass is 303 g/mol. The number of carbonyl (C=O) groups is 1. The van der Waals surface area contributed by atoms with Crippen LogP contribution in [0.25, 0.3) is 0 Å². The molecule has 0 aromatic heterocycles. The highest BCUT2D eigenvalue weighted by atomic mass is 35.5. The number of nitrogens with one attached hydrogen (secondary N) is 1. The zero-order valence-corrected chi connectivity index (χ0v) is 12.7. The number of hydrogen-bond donors (Lipinski definition) is 1. The Balaban J connectivity index is 1.91. The lowest BCUT2D eigenvalue weighted by Gasteiger charge is -2.08. The van der Waals surface area contributed by atoms with E-state index in [9.17, 15) is 4.79 Å². The van der Waals surface area contributed by atoms with E-state index in [2.05, 4.69) is 5.32 Å². The van der Waals surface area contributed by atoms with Crippen LogP contribution in [0.15, 0.2) is 48.5 Å². The van der Waals surface area contributed by atoms with Gasteiger partial charge in [0.05, 0.1) is 0 Å². The predicted octanol–water partition coefficient (Wildman–Crippen LogP) is 4.03. The fourth-order valence-electron chi connectivity index (χ4n) is 1.87. The third-order valence-corrected chi connectivity index (χ3v) is 3.15. The first-order valence-electron chi connectivity index (χ1n) is 6.83. The molecule has 2 rings (SSSR count). The number of halogens is 1. The van der Waals surface area contributed by atoms with Crippen LogP contribution in [-0.2, 0) is 11.3 Å². The lowest BCUT2D eigenvalue weighted by Crippen LogP contribution is -2.22. The summed E-state index contributed by atoms with van der Waals surface area (Å²) in [4.78, 5) is 11.3. The highest BCUT2D eigenvalue weighted by Gasteiger charge is 2.01. The van der Waals surface area contributed by atoms with Gasteiger partial charge in [0.2, 0.25) is 5.91 Å². The van der Waals surface area contributed by atoms with Gasteiger partial charge in [-0.1, -0.05) is 24.3 Å². The van der Waals surface area contributed by atoms with Crippen LogP contribution in [0.1, 0.15) is 17.5 Å². The number of benzene rings is 2. The number of aryl methyl sites for hydroxylation is 1. The van der Waals surface area contributed by atoms with Gasteiger partial charge in [-0.2, -0.15) is 0 Å². The van der Waals surface area contributed by atoms with Crippen molar-refractivity contribution >= 4 is 17.5 Å². The van der Waals surface area contributed by atoms with Crippen molar-refractivity contribution in [1.29, 1.82) is 0 Å². The molecule has 0 fully saturated rings. The Bertz CT molecular complexity index is 596. The average molecular weight is 304 g/mol. The molecular weight excluding hydrogens is 286 g/mol. The van der Waals surface area contributed by atoms with Crippen LogP contribution in [0.4, 0.5) is 0 Å². The zero-order chi connectivity index (χ0) is 15.1. The van der Waals surface area contributed by atoms with Gasteiger partial charge in [0.25, 0.3) is 0 Å². The fourth-order valence-corrected chi connectivity index (χ4v) is 2.04. The summed E-state index contributed by atoms with van der Waals surface area (Å²) in [6, 6.07) is 15.6. The molecule has 1 N–H and O–H groups in total. The molecule has 0 aliphatic rings. The number of rotatable bonds is 6. The summed E-state index contributed by atoms with van der Waals surface area (Å²) in [7, 11) is 0. The minimum absolute atomic E-state index is 0.0370. The lowest BCUT2D eigenvalue weighted by molar-refractivity contribution is -0.120. The molecule has 0 aliphatic heterocycles. The Morgan fingerprint density at radius 3 is 2.57 bits per heavy atom. The van der Waals surface area contributed by atoms with E-state index >= 15 is 0 Å². The van der Waals surface area contributed by atoms with Gasteiger partial charge in [-0.3, -0.25) is 4.79 Å². The second-order valence-electron chi connectivity index (χ2n) is 4.78. The Hall–Kier alpha value is -2.00. The average Bonchev–Trinajstić information content (AvgIpc) is 2.47. The molecule has 0 radical (unpaired) electrons. The van der Waals surface area contributed by atoms with Crippen LogP contribution in [0.2, 0.25) is 0 Å². The molecule has 0 saturated carbocycles. The largest absolute Gasteiger partial charge is 0.457 e. The molecule has 0 heterocycles. The van der Waals surface area contributed by atoms with Crippen molar-refractivity contribution in [2.75, 3.05) is 5.88 Å². The Morgan fingerprint density at radius 2 is 1.90 bits per heavy atom. The van der Waals surface area contributed by atoms with Crippen molar-refractivity contribution in [3.8, 4) is 11.5 Å². The molecular formula is C17H18ClNO2. The van der Waals surface area contributed by atoms with Gasteiger partial charge in [0.15, 0.2) is 0 Å². The zero-order valence-electron chi connectivity index (χ0n) is 11.9. The van der Waals surface area contributed by atoms with Crippen LogP contribution >= 0.6 is 11.6 Å². The summed E-state index contributed by atoms with van der Waals surface area (Å²) in [6.45, 7) is 2.53. The van der Waals surface area contributed by atoms with E-state index in [-0.39, 0.29) is 5.91 Å². The van der Waals surface area contributed by atoms with Gasteiger partial charge >= 0.3 is 0 Å². The molecule has 110 valence electrons. The maximum absolute atomic E-state index is 11.3. The van der Waals surface area contributed by atoms with E-state index in [1.165, 1.54) is 0 Å². The maximum Gasteiger partial charge on any atom is 0.221 e. The van der Waals surface area contributed by atoms with Gasteiger partial charge < -0.3 is 10.1 Å². The summed E-state index contributed by atoms with van der Waals surface area (Å²) in [5, 5.41) is 2.81. The highest BCUT2D eigenvalue weighted by Crippen LogP contribution is 2.22. The summed E-state index contributed by atoms with van der Waals surface area (Å²) in [5.74, 6) is 1.90. The molecule has 0 saturated heterocycles. The van der Waals surface area contributed by atoms with Crippen LogP contribution in [0.5, 0.6) is 11.5 Å². The quantitative estimate of drug-likeness (QED) is 0.818. The van der Waals surface area contributed by atoms with Crippen molar-refractivity contribution in [3.63, 3.8) is 0 Å². The second-order valence-corrected chi connectivity index (χ2v) is 5.16. The fraction of sp³-hybridized carbons (Fsp3) is 0.235. The van der Waals surface area contributed by atoms with Crippen molar-refractivity contribution < 1.29 is 9.53 Å². The first-order valence-corrected chi connectivity index (χ1v) is 7.37. The SMILES string of the molecule is Cc1cccc(Oc2ccc(CNC(=O)CCCl)cc2)c1. The smallest absolute Gasteiger partial charge is 0.221 e. The van der Waals surface area contributed by atoms with Gasteiger partial charge in [-0.05, 0) is 42.3 Å². The number of hydrogen-bond acceptors (Lipinski definition) is 2. The molecule has 0 spiro atoms. The number of amides is 1. The molecule has 3 nitrogen and oxygen atoms in total. The van der Waals surface area contributed by atoms with E-state index in [1.54, 1.807) is 0 Å². The van der Waals surface area contributed by atoms with E-state index in [4.69, 9.17) is 16.3 Å². The van der Waals surface area contributed by atoms with E-state index in [1.807, 2.05) is 55.5 Å². The maximum atomic E-state index is 11.3. The van der Waals surface area contributed by atoms with E-state index in [0.29, 0.717) is 18.8 Å². The first kappa shape index (κ1) is 15.4. The predicted molar refractivity (Wildman–Crippen MR) is 84.9 cm³/mol. The molecule has 1 amide bonds. The Morgan fingerprint density at radius 1 is 1.14 bits per heavy atom. The summed E-state index contributed by atoms with van der Waals surface area (Å²) in [6.07, 6.45) is 0.343. The Labute approximate surface area is 129 Å².